The van der Waals surface area contributed by atoms with Crippen molar-refractivity contribution in [2.45, 2.75) is 69.8 Å². The van der Waals surface area contributed by atoms with Crippen LogP contribution in [0.5, 0.6) is 5.75 Å². The lowest BCUT2D eigenvalue weighted by Gasteiger charge is -2.28. The van der Waals surface area contributed by atoms with Crippen LogP contribution in [0.1, 0.15) is 79.9 Å². The molecule has 4 amide bonds. The Morgan fingerprint density at radius 1 is 0.820 bits per heavy atom. The van der Waals surface area contributed by atoms with Crippen molar-refractivity contribution >= 4 is 34.8 Å². The lowest BCUT2D eigenvalue weighted by molar-refractivity contribution is -0.135. The Kier molecular flexibility index (Phi) is 10.6. The minimum absolute atomic E-state index is 0.221. The van der Waals surface area contributed by atoms with Crippen molar-refractivity contribution in [3.8, 4) is 39.4 Å². The third kappa shape index (κ3) is 7.51. The Labute approximate surface area is 351 Å². The van der Waals surface area contributed by atoms with E-state index in [2.05, 4.69) is 68.1 Å². The first-order chi connectivity index (χ1) is 29.7. The number of aromatic nitrogens is 4. The third-order valence-electron chi connectivity index (χ3n) is 12.1. The largest absolute Gasteiger partial charge is 0.488 e. The molecule has 4 aromatic carbocycles. The van der Waals surface area contributed by atoms with E-state index in [1.807, 2.05) is 36.4 Å². The van der Waals surface area contributed by atoms with Gasteiger partial charge in [-0.25, -0.2) is 19.6 Å². The predicted molar refractivity (Wildman–Crippen MR) is 226 cm³/mol. The van der Waals surface area contributed by atoms with E-state index in [1.54, 1.807) is 29.1 Å². The summed E-state index contributed by atoms with van der Waals surface area (Å²) >= 11 is 0. The fourth-order valence-electron chi connectivity index (χ4n) is 9.03. The molecule has 5 N–H and O–H groups in total. The molecule has 6 aromatic rings. The summed E-state index contributed by atoms with van der Waals surface area (Å²) in [6, 6.07) is 23.6. The number of fused-ring (bicyclic) bond motifs is 5. The van der Waals surface area contributed by atoms with Gasteiger partial charge in [0.15, 0.2) is 0 Å². The van der Waals surface area contributed by atoms with Crippen LogP contribution < -0.4 is 15.4 Å². The lowest BCUT2D eigenvalue weighted by Crippen LogP contribution is -2.47. The summed E-state index contributed by atoms with van der Waals surface area (Å²) in [5.74, 6) is 1.73. The van der Waals surface area contributed by atoms with Gasteiger partial charge < -0.3 is 45.0 Å². The molecule has 2 unspecified atom stereocenters. The number of ether oxygens (including phenoxy) is 2. The molecule has 15 heteroatoms. The van der Waals surface area contributed by atoms with Crippen molar-refractivity contribution in [1.82, 2.24) is 40.4 Å². The fourth-order valence-corrected chi connectivity index (χ4v) is 9.03. The van der Waals surface area contributed by atoms with E-state index in [1.165, 1.54) is 7.11 Å². The van der Waals surface area contributed by atoms with Gasteiger partial charge in [-0.05, 0) is 77.9 Å². The van der Waals surface area contributed by atoms with E-state index in [0.717, 1.165) is 81.4 Å². The Balaban J connectivity index is 0.918. The van der Waals surface area contributed by atoms with Crippen LogP contribution in [0.3, 0.4) is 0 Å². The minimum atomic E-state index is -1.21. The molecule has 2 saturated heterocycles. The van der Waals surface area contributed by atoms with Gasteiger partial charge in [-0.2, -0.15) is 0 Å². The monoisotopic (exact) mass is 822 g/mol. The molecular weight excluding hydrogens is 777 g/mol. The van der Waals surface area contributed by atoms with Crippen LogP contribution in [-0.4, -0.2) is 85.1 Å². The molecule has 2 fully saturated rings. The smallest absolute Gasteiger partial charge is 0.407 e. The van der Waals surface area contributed by atoms with Gasteiger partial charge in [0.2, 0.25) is 5.91 Å². The second kappa shape index (κ2) is 16.5. The van der Waals surface area contributed by atoms with E-state index < -0.39 is 24.3 Å². The first kappa shape index (κ1) is 39.3. The van der Waals surface area contributed by atoms with Crippen LogP contribution in [0.15, 0.2) is 91.3 Å². The SMILES string of the molecule is CCC(NC(=O)O)C(=O)N1CCC[C@H]1c1ncc(-c2ccc3c4c(ccc3c2)-c2ccc(-c3cnc([C@@H]5CCCN5C(=O)C(NC(=O)OC)c5ccccc5)[nH]3)cc2CO4)[nH]1. The van der Waals surface area contributed by atoms with Gasteiger partial charge in [-0.1, -0.05) is 67.6 Å². The van der Waals surface area contributed by atoms with E-state index in [-0.39, 0.29) is 23.9 Å². The van der Waals surface area contributed by atoms with Gasteiger partial charge >= 0.3 is 12.2 Å². The van der Waals surface area contributed by atoms with Gasteiger partial charge in [-0.15, -0.1) is 0 Å². The van der Waals surface area contributed by atoms with Gasteiger partial charge in [0.25, 0.3) is 5.91 Å². The molecule has 61 heavy (non-hydrogen) atoms. The molecule has 0 aliphatic carbocycles. The number of amides is 4. The number of nitrogens with one attached hydrogen (secondary N) is 4. The molecule has 9 rings (SSSR count). The van der Waals surface area contributed by atoms with Crippen molar-refractivity contribution < 1.29 is 33.8 Å². The number of hydrogen-bond donors (Lipinski definition) is 5. The maximum Gasteiger partial charge on any atom is 0.407 e. The first-order valence-corrected chi connectivity index (χ1v) is 20.6. The van der Waals surface area contributed by atoms with E-state index in [0.29, 0.717) is 43.3 Å². The maximum absolute atomic E-state index is 14.0. The molecule has 15 nitrogen and oxygen atoms in total. The quantitative estimate of drug-likeness (QED) is 0.0923. The standard InChI is InChI=1S/C46H46N8O7/c1-3-34(51-45(57)58)43(55)53-19-7-11-37(53)41-47-23-35(49-41)28-15-17-32-27(21-28)13-18-33-31-16-14-29(22-30(31)25-61-40(32)33)36-24-48-42(50-36)38-12-8-20-54(38)44(56)39(52-46(59)60-2)26-9-5-4-6-10-26/h4-6,9-10,13-18,21-24,34,37-39,51H,3,7-8,11-12,19-20,25H2,1-2H3,(H,47,49)(H,48,50)(H,52,59)(H,57,58)/t34?,37-,38-,39?/m0/s1. The van der Waals surface area contributed by atoms with Gasteiger partial charge in [0, 0.05) is 29.6 Å². The number of carbonyl (C=O) groups excluding carboxylic acids is 3. The number of carboxylic acid groups (broad SMARTS) is 1. The van der Waals surface area contributed by atoms with Crippen LogP contribution in [0, 0.1) is 0 Å². The fraction of sp³-hybridized carbons (Fsp3) is 0.304. The molecule has 0 saturated carbocycles. The first-order valence-electron chi connectivity index (χ1n) is 20.6. The lowest BCUT2D eigenvalue weighted by atomic mass is 9.92. The van der Waals surface area contributed by atoms with E-state index in [9.17, 15) is 24.3 Å². The molecule has 5 heterocycles. The molecule has 3 aliphatic rings. The molecular formula is C46H46N8O7. The number of benzene rings is 4. The van der Waals surface area contributed by atoms with Crippen LogP contribution in [0.2, 0.25) is 0 Å². The summed E-state index contributed by atoms with van der Waals surface area (Å²) in [5.41, 5.74) is 7.36. The highest BCUT2D eigenvalue weighted by molar-refractivity contribution is 5.98. The topological polar surface area (TPSA) is 195 Å². The zero-order valence-electron chi connectivity index (χ0n) is 33.8. The number of imidazole rings is 2. The van der Waals surface area contributed by atoms with Crippen molar-refractivity contribution in [2.24, 2.45) is 0 Å². The Bertz CT molecular complexity index is 2640. The molecule has 3 aliphatic heterocycles. The third-order valence-corrected chi connectivity index (χ3v) is 12.1. The number of methoxy groups -OCH3 is 1. The minimum Gasteiger partial charge on any atom is -0.488 e. The molecule has 312 valence electrons. The van der Waals surface area contributed by atoms with Gasteiger partial charge in [-0.3, -0.25) is 9.59 Å². The maximum atomic E-state index is 14.0. The summed E-state index contributed by atoms with van der Waals surface area (Å²) in [7, 11) is 1.28. The number of hydrogen-bond acceptors (Lipinski definition) is 8. The summed E-state index contributed by atoms with van der Waals surface area (Å²) in [6.07, 6.45) is 5.16. The number of carbonyl (C=O) groups is 4. The average molecular weight is 823 g/mol. The van der Waals surface area contributed by atoms with Crippen molar-refractivity contribution in [1.29, 1.82) is 0 Å². The highest BCUT2D eigenvalue weighted by atomic mass is 16.5. The number of aromatic amines is 2. The molecule has 4 atom stereocenters. The Morgan fingerprint density at radius 2 is 1.46 bits per heavy atom. The number of likely N-dealkylation sites (tertiary alicyclic amines) is 2. The normalized spacial score (nSPS) is 17.9. The molecule has 2 aromatic heterocycles. The van der Waals surface area contributed by atoms with Crippen LogP contribution in [-0.2, 0) is 20.9 Å². The highest BCUT2D eigenvalue weighted by Crippen LogP contribution is 2.44. The van der Waals surface area contributed by atoms with E-state index >= 15 is 0 Å². The zero-order chi connectivity index (χ0) is 42.2. The van der Waals surface area contributed by atoms with Crippen LogP contribution >= 0.6 is 0 Å². The Morgan fingerprint density at radius 3 is 2.11 bits per heavy atom. The number of alkyl carbamates (subject to hydrolysis) is 1. The highest BCUT2D eigenvalue weighted by Gasteiger charge is 2.38. The second-order valence-electron chi connectivity index (χ2n) is 15.7. The average Bonchev–Trinajstić information content (AvgIpc) is 4.14. The second-order valence-corrected chi connectivity index (χ2v) is 15.7. The van der Waals surface area contributed by atoms with Crippen LogP contribution in [0.4, 0.5) is 9.59 Å². The van der Waals surface area contributed by atoms with Crippen molar-refractivity contribution in [3.63, 3.8) is 0 Å². The summed E-state index contributed by atoms with van der Waals surface area (Å²) in [6.45, 7) is 3.27. The van der Waals surface area contributed by atoms with Crippen LogP contribution in [0.25, 0.3) is 44.4 Å². The zero-order valence-corrected chi connectivity index (χ0v) is 33.8. The molecule has 0 bridgehead atoms. The summed E-state index contributed by atoms with van der Waals surface area (Å²) in [4.78, 5) is 70.6. The molecule has 0 spiro atoms. The predicted octanol–water partition coefficient (Wildman–Crippen LogP) is 7.65. The summed E-state index contributed by atoms with van der Waals surface area (Å²) in [5, 5.41) is 16.3. The Hall–Kier alpha value is -7.16. The van der Waals surface area contributed by atoms with E-state index in [4.69, 9.17) is 14.5 Å². The molecule has 0 radical (unpaired) electrons. The number of rotatable bonds is 10. The summed E-state index contributed by atoms with van der Waals surface area (Å²) < 4.78 is 11.3. The van der Waals surface area contributed by atoms with Gasteiger partial charge in [0.05, 0.1) is 43.0 Å². The number of H-pyrrole nitrogens is 2. The van der Waals surface area contributed by atoms with Crippen molar-refractivity contribution in [3.05, 3.63) is 114 Å². The van der Waals surface area contributed by atoms with Gasteiger partial charge in [0.1, 0.15) is 36.1 Å². The van der Waals surface area contributed by atoms with Crippen molar-refractivity contribution in [2.75, 3.05) is 20.2 Å². The number of nitrogens with zero attached hydrogens (tertiary/aromatic N) is 4.